The number of piperidine rings is 1. The Labute approximate surface area is 101 Å². The van der Waals surface area contributed by atoms with Crippen LogP contribution in [0.2, 0.25) is 0 Å². The molecule has 1 fully saturated rings. The van der Waals surface area contributed by atoms with E-state index < -0.39 is 0 Å². The SMILES string of the molecule is CC(C)c1ccccc1N1CCC(=O)CC1=O. The zero-order chi connectivity index (χ0) is 12.4. The third-order valence-electron chi connectivity index (χ3n) is 3.11. The molecule has 3 heteroatoms. The van der Waals surface area contributed by atoms with Crippen LogP contribution in [-0.4, -0.2) is 18.2 Å². The van der Waals surface area contributed by atoms with Gasteiger partial charge in [-0.15, -0.1) is 0 Å². The molecule has 90 valence electrons. The first kappa shape index (κ1) is 11.8. The largest absolute Gasteiger partial charge is 0.311 e. The highest BCUT2D eigenvalue weighted by atomic mass is 16.2. The van der Waals surface area contributed by atoms with E-state index in [0.717, 1.165) is 11.3 Å². The van der Waals surface area contributed by atoms with Crippen LogP contribution in [0.25, 0.3) is 0 Å². The van der Waals surface area contributed by atoms with Gasteiger partial charge in [-0.2, -0.15) is 0 Å². The molecule has 1 aromatic rings. The third kappa shape index (κ3) is 2.38. The monoisotopic (exact) mass is 231 g/mol. The van der Waals surface area contributed by atoms with Crippen LogP contribution in [0.4, 0.5) is 5.69 Å². The van der Waals surface area contributed by atoms with Crippen LogP contribution in [-0.2, 0) is 9.59 Å². The normalized spacial score (nSPS) is 16.8. The highest BCUT2D eigenvalue weighted by molar-refractivity contribution is 6.08. The lowest BCUT2D eigenvalue weighted by Crippen LogP contribution is -2.39. The molecule has 1 aliphatic rings. The quantitative estimate of drug-likeness (QED) is 0.733. The van der Waals surface area contributed by atoms with Crippen molar-refractivity contribution in [3.05, 3.63) is 29.8 Å². The minimum Gasteiger partial charge on any atom is -0.311 e. The highest BCUT2D eigenvalue weighted by Crippen LogP contribution is 2.29. The minimum atomic E-state index is -0.0747. The maximum absolute atomic E-state index is 11.9. The third-order valence-corrected chi connectivity index (χ3v) is 3.11. The van der Waals surface area contributed by atoms with Gasteiger partial charge in [0.05, 0.1) is 6.42 Å². The van der Waals surface area contributed by atoms with Gasteiger partial charge in [0.15, 0.2) is 0 Å². The fraction of sp³-hybridized carbons (Fsp3) is 0.429. The summed E-state index contributed by atoms with van der Waals surface area (Å²) in [6, 6.07) is 7.93. The number of rotatable bonds is 2. The van der Waals surface area contributed by atoms with Crippen molar-refractivity contribution in [3.63, 3.8) is 0 Å². The number of hydrogen-bond acceptors (Lipinski definition) is 2. The second-order valence-corrected chi connectivity index (χ2v) is 4.72. The Bertz CT molecular complexity index is 451. The number of amides is 1. The molecule has 1 saturated heterocycles. The summed E-state index contributed by atoms with van der Waals surface area (Å²) in [6.07, 6.45) is 0.518. The lowest BCUT2D eigenvalue weighted by Gasteiger charge is -2.29. The van der Waals surface area contributed by atoms with Crippen molar-refractivity contribution in [1.82, 2.24) is 0 Å². The zero-order valence-corrected chi connectivity index (χ0v) is 10.3. The molecule has 0 aliphatic carbocycles. The van der Waals surface area contributed by atoms with E-state index in [4.69, 9.17) is 0 Å². The molecule has 1 aromatic carbocycles. The van der Waals surface area contributed by atoms with Gasteiger partial charge in [0.25, 0.3) is 0 Å². The van der Waals surface area contributed by atoms with Gasteiger partial charge >= 0.3 is 0 Å². The number of Topliss-reactive ketones (excluding diaryl/α,β-unsaturated/α-hetero) is 1. The van der Waals surface area contributed by atoms with Crippen LogP contribution in [0.3, 0.4) is 0 Å². The molecule has 0 radical (unpaired) electrons. The van der Waals surface area contributed by atoms with Crippen molar-refractivity contribution in [2.45, 2.75) is 32.6 Å². The summed E-state index contributed by atoms with van der Waals surface area (Å²) in [7, 11) is 0. The van der Waals surface area contributed by atoms with E-state index in [-0.39, 0.29) is 18.1 Å². The summed E-state index contributed by atoms with van der Waals surface area (Å²) in [6.45, 7) is 4.73. The molecule has 0 N–H and O–H groups in total. The van der Waals surface area contributed by atoms with Crippen molar-refractivity contribution >= 4 is 17.4 Å². The second kappa shape index (κ2) is 4.70. The van der Waals surface area contributed by atoms with Crippen molar-refractivity contribution in [2.75, 3.05) is 11.4 Å². The number of anilines is 1. The van der Waals surface area contributed by atoms with Gasteiger partial charge in [-0.1, -0.05) is 32.0 Å². The lowest BCUT2D eigenvalue weighted by molar-refractivity contribution is -0.128. The molecule has 0 spiro atoms. The van der Waals surface area contributed by atoms with Crippen LogP contribution < -0.4 is 4.90 Å². The van der Waals surface area contributed by atoms with E-state index in [1.165, 1.54) is 0 Å². The number of nitrogens with zero attached hydrogens (tertiary/aromatic N) is 1. The molecule has 0 aromatic heterocycles. The van der Waals surface area contributed by atoms with Crippen molar-refractivity contribution in [2.24, 2.45) is 0 Å². The number of carbonyl (C=O) groups is 2. The number of benzene rings is 1. The van der Waals surface area contributed by atoms with Gasteiger partial charge in [-0.25, -0.2) is 0 Å². The Hall–Kier alpha value is -1.64. The molecule has 1 aliphatic heterocycles. The molecule has 3 nitrogen and oxygen atoms in total. The summed E-state index contributed by atoms with van der Waals surface area (Å²) in [4.78, 5) is 24.9. The zero-order valence-electron chi connectivity index (χ0n) is 10.3. The van der Waals surface area contributed by atoms with Crippen LogP contribution in [0.5, 0.6) is 0 Å². The first-order valence-corrected chi connectivity index (χ1v) is 6.00. The summed E-state index contributed by atoms with van der Waals surface area (Å²) in [5.74, 6) is 0.347. The maximum atomic E-state index is 11.9. The summed E-state index contributed by atoms with van der Waals surface area (Å²) < 4.78 is 0. The Morgan fingerprint density at radius 3 is 2.53 bits per heavy atom. The van der Waals surface area contributed by atoms with Gasteiger partial charge in [-0.05, 0) is 17.5 Å². The summed E-state index contributed by atoms with van der Waals surface area (Å²) in [5, 5.41) is 0. The standard InChI is InChI=1S/C14H17NO2/c1-10(2)12-5-3-4-6-13(12)15-8-7-11(16)9-14(15)17/h3-6,10H,7-9H2,1-2H3. The van der Waals surface area contributed by atoms with Gasteiger partial charge in [-0.3, -0.25) is 9.59 Å². The molecule has 1 heterocycles. The predicted molar refractivity (Wildman–Crippen MR) is 67.1 cm³/mol. The molecule has 0 unspecified atom stereocenters. The van der Waals surface area contributed by atoms with Crippen molar-refractivity contribution in [3.8, 4) is 0 Å². The van der Waals surface area contributed by atoms with E-state index in [1.54, 1.807) is 4.90 Å². The van der Waals surface area contributed by atoms with Gasteiger partial charge < -0.3 is 4.90 Å². The fourth-order valence-electron chi connectivity index (χ4n) is 2.19. The summed E-state index contributed by atoms with van der Waals surface area (Å²) >= 11 is 0. The first-order chi connectivity index (χ1) is 8.09. The molecule has 0 saturated carbocycles. The average Bonchev–Trinajstić information content (AvgIpc) is 2.29. The minimum absolute atomic E-state index is 0.0480. The molecule has 17 heavy (non-hydrogen) atoms. The van der Waals surface area contributed by atoms with Crippen LogP contribution in [0.1, 0.15) is 38.2 Å². The second-order valence-electron chi connectivity index (χ2n) is 4.72. The maximum Gasteiger partial charge on any atom is 0.234 e. The Morgan fingerprint density at radius 1 is 1.18 bits per heavy atom. The van der Waals surface area contributed by atoms with Gasteiger partial charge in [0.1, 0.15) is 5.78 Å². The number of para-hydroxylation sites is 1. The molecule has 0 bridgehead atoms. The topological polar surface area (TPSA) is 37.4 Å². The van der Waals surface area contributed by atoms with Gasteiger partial charge in [0.2, 0.25) is 5.91 Å². The molecule has 0 atom stereocenters. The molecular formula is C14H17NO2. The fourth-order valence-corrected chi connectivity index (χ4v) is 2.19. The smallest absolute Gasteiger partial charge is 0.234 e. The van der Waals surface area contributed by atoms with E-state index in [1.807, 2.05) is 24.3 Å². The van der Waals surface area contributed by atoms with Crippen molar-refractivity contribution < 1.29 is 9.59 Å². The van der Waals surface area contributed by atoms with Crippen LogP contribution in [0, 0.1) is 0 Å². The van der Waals surface area contributed by atoms with E-state index in [0.29, 0.717) is 18.9 Å². The lowest BCUT2D eigenvalue weighted by atomic mass is 9.98. The van der Waals surface area contributed by atoms with Crippen LogP contribution >= 0.6 is 0 Å². The highest BCUT2D eigenvalue weighted by Gasteiger charge is 2.26. The first-order valence-electron chi connectivity index (χ1n) is 6.00. The van der Waals surface area contributed by atoms with Crippen LogP contribution in [0.15, 0.2) is 24.3 Å². The number of carbonyl (C=O) groups excluding carboxylic acids is 2. The Kier molecular flexibility index (Phi) is 3.27. The Morgan fingerprint density at radius 2 is 1.88 bits per heavy atom. The van der Waals surface area contributed by atoms with E-state index in [2.05, 4.69) is 13.8 Å². The Balaban J connectivity index is 2.34. The van der Waals surface area contributed by atoms with Crippen molar-refractivity contribution in [1.29, 1.82) is 0 Å². The van der Waals surface area contributed by atoms with Gasteiger partial charge in [0, 0.05) is 18.7 Å². The molecule has 2 rings (SSSR count). The molecule has 1 amide bonds. The van der Waals surface area contributed by atoms with E-state index >= 15 is 0 Å². The number of ketones is 1. The predicted octanol–water partition coefficient (Wildman–Crippen LogP) is 2.51. The summed E-state index contributed by atoms with van der Waals surface area (Å²) in [5.41, 5.74) is 2.12. The average molecular weight is 231 g/mol. The molecular weight excluding hydrogens is 214 g/mol. The van der Waals surface area contributed by atoms with E-state index in [9.17, 15) is 9.59 Å². The number of hydrogen-bond donors (Lipinski definition) is 0.